The highest BCUT2D eigenvalue weighted by Crippen LogP contribution is 2.35. The third-order valence-electron chi connectivity index (χ3n) is 5.78. The Morgan fingerprint density at radius 1 is 1.03 bits per heavy atom. The quantitative estimate of drug-likeness (QED) is 0.484. The number of hydrogen-bond acceptors (Lipinski definition) is 4. The summed E-state index contributed by atoms with van der Waals surface area (Å²) in [6.07, 6.45) is 3.94. The van der Waals surface area contributed by atoms with Crippen LogP contribution in [0.3, 0.4) is 0 Å². The highest BCUT2D eigenvalue weighted by Gasteiger charge is 2.34. The van der Waals surface area contributed by atoms with Gasteiger partial charge in [-0.05, 0) is 49.4 Å². The predicted octanol–water partition coefficient (Wildman–Crippen LogP) is 2.94. The van der Waals surface area contributed by atoms with Gasteiger partial charge < -0.3 is 15.4 Å². The molecule has 0 amide bonds. The van der Waals surface area contributed by atoms with E-state index in [1.165, 1.54) is 11.8 Å². The molecule has 7 heteroatoms. The molecular formula is C24H33N3O3S. The minimum Gasteiger partial charge on any atom is -0.381 e. The molecule has 1 fully saturated rings. The average molecular weight is 444 g/mol. The van der Waals surface area contributed by atoms with Crippen molar-refractivity contribution in [2.45, 2.75) is 36.5 Å². The van der Waals surface area contributed by atoms with Gasteiger partial charge in [0.25, 0.3) is 0 Å². The molecule has 2 aromatic rings. The highest BCUT2D eigenvalue weighted by atomic mass is 32.2. The summed E-state index contributed by atoms with van der Waals surface area (Å²) in [6, 6.07) is 17.7. The van der Waals surface area contributed by atoms with E-state index in [1.807, 2.05) is 18.2 Å². The Morgan fingerprint density at radius 3 is 2.32 bits per heavy atom. The zero-order chi connectivity index (χ0) is 22.2. The number of nitrogens with one attached hydrogen (secondary N) is 2. The van der Waals surface area contributed by atoms with Gasteiger partial charge in [-0.25, -0.2) is 8.42 Å². The lowest BCUT2D eigenvalue weighted by Gasteiger charge is -2.36. The van der Waals surface area contributed by atoms with Crippen LogP contribution in [0.1, 0.15) is 30.9 Å². The molecule has 1 heterocycles. The Bertz CT molecular complexity index is 951. The highest BCUT2D eigenvalue weighted by molar-refractivity contribution is 7.90. The zero-order valence-electron chi connectivity index (χ0n) is 18.4. The number of hydrogen-bond donors (Lipinski definition) is 2. The van der Waals surface area contributed by atoms with Crippen molar-refractivity contribution in [3.05, 3.63) is 65.7 Å². The van der Waals surface area contributed by atoms with Crippen LogP contribution >= 0.6 is 0 Å². The lowest BCUT2D eigenvalue weighted by atomic mass is 9.74. The average Bonchev–Trinajstić information content (AvgIpc) is 2.78. The Balaban J connectivity index is 1.64. The molecule has 0 unspecified atom stereocenters. The molecule has 0 saturated carbocycles. The third-order valence-corrected chi connectivity index (χ3v) is 6.91. The van der Waals surface area contributed by atoms with Crippen LogP contribution in [0.25, 0.3) is 0 Å². The maximum absolute atomic E-state index is 11.6. The molecule has 0 radical (unpaired) electrons. The van der Waals surface area contributed by atoms with E-state index < -0.39 is 9.84 Å². The first-order chi connectivity index (χ1) is 14.9. The van der Waals surface area contributed by atoms with Gasteiger partial charge in [0.1, 0.15) is 0 Å². The van der Waals surface area contributed by atoms with Crippen LogP contribution in [0.2, 0.25) is 0 Å². The molecule has 0 bridgehead atoms. The molecule has 3 rings (SSSR count). The van der Waals surface area contributed by atoms with Crippen molar-refractivity contribution >= 4 is 15.8 Å². The summed E-state index contributed by atoms with van der Waals surface area (Å²) in [4.78, 5) is 5.27. The van der Waals surface area contributed by atoms with Crippen molar-refractivity contribution in [1.29, 1.82) is 0 Å². The lowest BCUT2D eigenvalue weighted by Crippen LogP contribution is -2.41. The van der Waals surface area contributed by atoms with Gasteiger partial charge in [0, 0.05) is 38.0 Å². The monoisotopic (exact) mass is 443 g/mol. The van der Waals surface area contributed by atoms with Crippen LogP contribution in [0.15, 0.2) is 64.5 Å². The minimum atomic E-state index is -3.16. The van der Waals surface area contributed by atoms with E-state index in [-0.39, 0.29) is 5.41 Å². The van der Waals surface area contributed by atoms with Crippen LogP contribution in [-0.4, -0.2) is 53.5 Å². The fraction of sp³-hybridized carbons (Fsp3) is 0.458. The van der Waals surface area contributed by atoms with E-state index in [2.05, 4.69) is 41.8 Å². The molecule has 2 aromatic carbocycles. The van der Waals surface area contributed by atoms with Crippen molar-refractivity contribution in [1.82, 2.24) is 10.6 Å². The minimum absolute atomic E-state index is 0.00331. The van der Waals surface area contributed by atoms with Crippen LogP contribution in [-0.2, 0) is 26.4 Å². The Labute approximate surface area is 186 Å². The van der Waals surface area contributed by atoms with Gasteiger partial charge in [0.05, 0.1) is 11.4 Å². The summed E-state index contributed by atoms with van der Waals surface area (Å²) < 4.78 is 28.8. The maximum Gasteiger partial charge on any atom is 0.191 e. The first kappa shape index (κ1) is 23.3. The Kier molecular flexibility index (Phi) is 8.09. The van der Waals surface area contributed by atoms with Crippen LogP contribution in [0.5, 0.6) is 0 Å². The lowest BCUT2D eigenvalue weighted by molar-refractivity contribution is 0.0531. The molecule has 0 aliphatic carbocycles. The summed E-state index contributed by atoms with van der Waals surface area (Å²) in [5.41, 5.74) is 2.41. The van der Waals surface area contributed by atoms with E-state index in [1.54, 1.807) is 12.1 Å². The van der Waals surface area contributed by atoms with Crippen molar-refractivity contribution in [3.63, 3.8) is 0 Å². The van der Waals surface area contributed by atoms with Gasteiger partial charge in [0.2, 0.25) is 0 Å². The van der Waals surface area contributed by atoms with Crippen molar-refractivity contribution in [3.8, 4) is 0 Å². The summed E-state index contributed by atoms with van der Waals surface area (Å²) in [6.45, 7) is 5.79. The van der Waals surface area contributed by atoms with Gasteiger partial charge in [-0.15, -0.1) is 0 Å². The second-order valence-corrected chi connectivity index (χ2v) is 10.1. The molecule has 1 saturated heterocycles. The number of rotatable bonds is 8. The number of guanidine groups is 1. The van der Waals surface area contributed by atoms with E-state index in [0.29, 0.717) is 18.0 Å². The number of ether oxygens (including phenoxy) is 1. The predicted molar refractivity (Wildman–Crippen MR) is 125 cm³/mol. The fourth-order valence-electron chi connectivity index (χ4n) is 3.89. The van der Waals surface area contributed by atoms with Crippen molar-refractivity contribution in [2.75, 3.05) is 39.1 Å². The smallest absolute Gasteiger partial charge is 0.191 e. The van der Waals surface area contributed by atoms with E-state index in [0.717, 1.165) is 50.5 Å². The molecule has 1 aliphatic rings. The summed E-state index contributed by atoms with van der Waals surface area (Å²) in [5.74, 6) is 0.803. The normalized spacial score (nSPS) is 16.6. The first-order valence-electron chi connectivity index (χ1n) is 10.9. The van der Waals surface area contributed by atoms with Gasteiger partial charge in [-0.1, -0.05) is 42.5 Å². The van der Waals surface area contributed by atoms with Gasteiger partial charge >= 0.3 is 0 Å². The topological polar surface area (TPSA) is 79.8 Å². The summed E-state index contributed by atoms with van der Waals surface area (Å²) in [5, 5.41) is 6.75. The van der Waals surface area contributed by atoms with Crippen LogP contribution in [0.4, 0.5) is 0 Å². The molecule has 0 spiro atoms. The largest absolute Gasteiger partial charge is 0.381 e. The maximum atomic E-state index is 11.6. The van der Waals surface area contributed by atoms with Crippen LogP contribution < -0.4 is 10.6 Å². The number of sulfone groups is 1. The standard InChI is InChI=1S/C24H33N3O3S/c1-3-25-23(26-16-13-20-9-11-22(12-10-20)31(2,28)29)27-19-24(14-17-30-18-15-24)21-7-5-4-6-8-21/h4-12H,3,13-19H2,1-2H3,(H2,25,26,27). The van der Waals surface area contributed by atoms with Crippen molar-refractivity contribution < 1.29 is 13.2 Å². The molecule has 0 atom stereocenters. The summed E-state index contributed by atoms with van der Waals surface area (Å²) in [7, 11) is -3.16. The fourth-order valence-corrected chi connectivity index (χ4v) is 4.52. The molecule has 6 nitrogen and oxygen atoms in total. The number of nitrogens with zero attached hydrogens (tertiary/aromatic N) is 1. The van der Waals surface area contributed by atoms with Gasteiger partial charge in [0.15, 0.2) is 15.8 Å². The van der Waals surface area contributed by atoms with E-state index in [9.17, 15) is 8.42 Å². The SMILES string of the molecule is CCNC(=NCC1(c2ccccc2)CCOCC1)NCCc1ccc(S(C)(=O)=O)cc1. The molecule has 2 N–H and O–H groups in total. The second-order valence-electron chi connectivity index (χ2n) is 8.05. The van der Waals surface area contributed by atoms with Gasteiger partial charge in [-0.2, -0.15) is 0 Å². The Morgan fingerprint density at radius 2 is 1.71 bits per heavy atom. The number of benzene rings is 2. The Hall–Kier alpha value is -2.38. The molecule has 1 aliphatic heterocycles. The zero-order valence-corrected chi connectivity index (χ0v) is 19.2. The summed E-state index contributed by atoms with van der Waals surface area (Å²) >= 11 is 0. The molecule has 0 aromatic heterocycles. The van der Waals surface area contributed by atoms with Crippen LogP contribution in [0, 0.1) is 0 Å². The van der Waals surface area contributed by atoms with E-state index in [4.69, 9.17) is 9.73 Å². The van der Waals surface area contributed by atoms with Gasteiger partial charge in [-0.3, -0.25) is 4.99 Å². The second kappa shape index (κ2) is 10.8. The van der Waals surface area contributed by atoms with Crippen molar-refractivity contribution in [2.24, 2.45) is 4.99 Å². The van der Waals surface area contributed by atoms with E-state index >= 15 is 0 Å². The molecule has 168 valence electrons. The first-order valence-corrected chi connectivity index (χ1v) is 12.8. The molecule has 31 heavy (non-hydrogen) atoms. The third kappa shape index (κ3) is 6.55. The number of aliphatic imine (C=N–C) groups is 1. The molecular weight excluding hydrogens is 410 g/mol.